The predicted molar refractivity (Wildman–Crippen MR) is 136 cm³/mol. The number of aromatic nitrogens is 3. The largest absolute Gasteiger partial charge is 0.494 e. The van der Waals surface area contributed by atoms with Gasteiger partial charge >= 0.3 is 0 Å². The van der Waals surface area contributed by atoms with Crippen LogP contribution in [0.2, 0.25) is 0 Å². The van der Waals surface area contributed by atoms with Crippen LogP contribution < -0.4 is 4.74 Å². The van der Waals surface area contributed by atoms with E-state index in [1.807, 2.05) is 24.3 Å². The Bertz CT molecular complexity index is 1230. The first-order chi connectivity index (χ1) is 15.6. The molecule has 4 nitrogen and oxygen atoms in total. The Hall–Kier alpha value is -3.14. The molecule has 0 aliphatic rings. The Morgan fingerprint density at radius 3 is 2.00 bits per heavy atom. The number of hydrogen-bond acceptors (Lipinski definition) is 3. The minimum absolute atomic E-state index is 0.0200. The lowest BCUT2D eigenvalue weighted by Gasteiger charge is -2.34. The number of aryl methyl sites for hydroxylation is 1. The Kier molecular flexibility index (Phi) is 6.04. The average Bonchev–Trinajstić information content (AvgIpc) is 3.17. The number of rotatable bonds is 6. The fourth-order valence-corrected chi connectivity index (χ4v) is 4.90. The van der Waals surface area contributed by atoms with Crippen molar-refractivity contribution in [3.63, 3.8) is 0 Å². The average molecular weight is 442 g/mol. The second-order valence-electron chi connectivity index (χ2n) is 10.9. The summed E-state index contributed by atoms with van der Waals surface area (Å²) >= 11 is 0. The molecule has 3 aromatic carbocycles. The minimum Gasteiger partial charge on any atom is -0.494 e. The van der Waals surface area contributed by atoms with Crippen molar-refractivity contribution in [3.8, 4) is 11.4 Å². The zero-order valence-electron chi connectivity index (χ0n) is 20.9. The third-order valence-electron chi connectivity index (χ3n) is 6.12. The fourth-order valence-electron chi connectivity index (χ4n) is 4.90. The van der Waals surface area contributed by atoms with E-state index in [1.54, 1.807) is 11.9 Å². The van der Waals surface area contributed by atoms with Gasteiger partial charge in [0.05, 0.1) is 7.11 Å². The van der Waals surface area contributed by atoms with Crippen molar-refractivity contribution in [1.29, 1.82) is 0 Å². The molecule has 0 unspecified atom stereocenters. The molecule has 0 fully saturated rings. The van der Waals surface area contributed by atoms with E-state index in [4.69, 9.17) is 14.9 Å². The molecular formula is C29H35N3O. The first-order valence-electron chi connectivity index (χ1n) is 11.7. The van der Waals surface area contributed by atoms with Crippen LogP contribution in [0, 0.1) is 12.3 Å². The summed E-state index contributed by atoms with van der Waals surface area (Å²) < 4.78 is 5.99. The van der Waals surface area contributed by atoms with E-state index in [0.29, 0.717) is 0 Å². The third-order valence-corrected chi connectivity index (χ3v) is 6.12. The maximum absolute atomic E-state index is 5.99. The van der Waals surface area contributed by atoms with Crippen molar-refractivity contribution in [1.82, 2.24) is 15.0 Å². The van der Waals surface area contributed by atoms with E-state index in [2.05, 4.69) is 77.9 Å². The van der Waals surface area contributed by atoms with Crippen LogP contribution in [0.3, 0.4) is 0 Å². The number of ether oxygens (including phenoxy) is 1. The maximum Gasteiger partial charge on any atom is 0.149 e. The Balaban J connectivity index is 1.90. The fraction of sp³-hybridized carbons (Fsp3) is 0.379. The minimum atomic E-state index is -0.0200. The molecule has 0 bridgehead atoms. The van der Waals surface area contributed by atoms with E-state index >= 15 is 0 Å². The molecular weight excluding hydrogens is 406 g/mol. The van der Waals surface area contributed by atoms with E-state index < -0.39 is 0 Å². The topological polar surface area (TPSA) is 39.9 Å². The van der Waals surface area contributed by atoms with Crippen molar-refractivity contribution >= 4 is 11.0 Å². The van der Waals surface area contributed by atoms with Gasteiger partial charge < -0.3 is 4.74 Å². The van der Waals surface area contributed by atoms with Gasteiger partial charge in [0.15, 0.2) is 0 Å². The van der Waals surface area contributed by atoms with Gasteiger partial charge in [0.1, 0.15) is 22.5 Å². The van der Waals surface area contributed by atoms with Crippen LogP contribution in [0.1, 0.15) is 63.3 Å². The number of benzene rings is 3. The normalized spacial score (nSPS) is 12.3. The Morgan fingerprint density at radius 2 is 1.45 bits per heavy atom. The van der Waals surface area contributed by atoms with Crippen molar-refractivity contribution in [2.75, 3.05) is 7.11 Å². The van der Waals surface area contributed by atoms with Crippen molar-refractivity contribution in [2.45, 2.75) is 59.8 Å². The van der Waals surface area contributed by atoms with Gasteiger partial charge in [-0.1, -0.05) is 82.6 Å². The lowest BCUT2D eigenvalue weighted by atomic mass is 9.72. The zero-order chi connectivity index (χ0) is 23.8. The molecule has 4 aromatic rings. The quantitative estimate of drug-likeness (QED) is 0.322. The second kappa shape index (κ2) is 8.66. The summed E-state index contributed by atoms with van der Waals surface area (Å²) in [4.78, 5) is 1.73. The first-order valence-corrected chi connectivity index (χ1v) is 11.7. The summed E-state index contributed by atoms with van der Waals surface area (Å²) in [5.74, 6) is 0.825. The highest BCUT2D eigenvalue weighted by atomic mass is 16.5. The van der Waals surface area contributed by atoms with Crippen LogP contribution in [0.4, 0.5) is 0 Å². The zero-order valence-corrected chi connectivity index (χ0v) is 20.9. The highest BCUT2D eigenvalue weighted by Crippen LogP contribution is 2.40. The number of nitrogens with zero attached hydrogens (tertiary/aromatic N) is 3. The van der Waals surface area contributed by atoms with Crippen LogP contribution in [-0.2, 0) is 11.8 Å². The summed E-state index contributed by atoms with van der Waals surface area (Å²) in [6, 6.07) is 21.2. The SMILES string of the molecule is COc1c(Cc2ccc(C)cc2)cc(C(C)(C)CC(C)(C)C)cc1-n1nc2ccccc2n1. The van der Waals surface area contributed by atoms with E-state index in [0.717, 1.165) is 40.9 Å². The Labute approximate surface area is 197 Å². The molecule has 0 aliphatic carbocycles. The maximum atomic E-state index is 5.99. The van der Waals surface area contributed by atoms with Crippen LogP contribution >= 0.6 is 0 Å². The van der Waals surface area contributed by atoms with Crippen LogP contribution in [0.25, 0.3) is 16.7 Å². The van der Waals surface area contributed by atoms with E-state index in [9.17, 15) is 0 Å². The summed E-state index contributed by atoms with van der Waals surface area (Å²) in [5.41, 5.74) is 7.77. The predicted octanol–water partition coefficient (Wildman–Crippen LogP) is 7.04. The van der Waals surface area contributed by atoms with E-state index in [1.165, 1.54) is 16.7 Å². The first kappa shape index (κ1) is 23.0. The second-order valence-corrected chi connectivity index (χ2v) is 10.9. The van der Waals surface area contributed by atoms with Gasteiger partial charge in [0.2, 0.25) is 0 Å². The molecule has 0 atom stereocenters. The number of fused-ring (bicyclic) bond motifs is 1. The number of methoxy groups -OCH3 is 1. The molecule has 0 spiro atoms. The van der Waals surface area contributed by atoms with Crippen LogP contribution in [0.15, 0.2) is 60.7 Å². The lowest BCUT2D eigenvalue weighted by Crippen LogP contribution is -2.25. The van der Waals surface area contributed by atoms with Gasteiger partial charge in [-0.2, -0.15) is 0 Å². The highest BCUT2D eigenvalue weighted by molar-refractivity contribution is 5.74. The van der Waals surface area contributed by atoms with Gasteiger partial charge in [0.25, 0.3) is 0 Å². The van der Waals surface area contributed by atoms with Crippen molar-refractivity contribution < 1.29 is 4.74 Å². The summed E-state index contributed by atoms with van der Waals surface area (Å²) in [7, 11) is 1.74. The van der Waals surface area contributed by atoms with Crippen LogP contribution in [0.5, 0.6) is 5.75 Å². The molecule has 0 saturated heterocycles. The molecule has 1 aromatic heterocycles. The van der Waals surface area contributed by atoms with E-state index in [-0.39, 0.29) is 10.8 Å². The molecule has 0 amide bonds. The molecule has 0 radical (unpaired) electrons. The molecule has 33 heavy (non-hydrogen) atoms. The standard InChI is InChI=1S/C29H35N3O/c1-20-12-14-21(15-13-20)16-22-17-23(29(5,6)19-28(2,3)4)18-26(27(22)33-7)32-30-24-10-8-9-11-25(24)31-32/h8-15,17-18H,16,19H2,1-7H3. The monoisotopic (exact) mass is 441 g/mol. The van der Waals surface area contributed by atoms with Crippen molar-refractivity contribution in [2.24, 2.45) is 5.41 Å². The van der Waals surface area contributed by atoms with Gasteiger partial charge in [-0.05, 0) is 53.5 Å². The molecule has 0 N–H and O–H groups in total. The summed E-state index contributed by atoms with van der Waals surface area (Å²) in [5, 5.41) is 9.55. The smallest absolute Gasteiger partial charge is 0.149 e. The molecule has 172 valence electrons. The summed E-state index contributed by atoms with van der Waals surface area (Å²) in [6.45, 7) is 13.7. The van der Waals surface area contributed by atoms with Gasteiger partial charge in [-0.25, -0.2) is 0 Å². The van der Waals surface area contributed by atoms with Crippen LogP contribution in [-0.4, -0.2) is 22.1 Å². The number of hydrogen-bond donors (Lipinski definition) is 0. The summed E-state index contributed by atoms with van der Waals surface area (Å²) in [6.07, 6.45) is 1.85. The highest BCUT2D eigenvalue weighted by Gasteiger charge is 2.29. The lowest BCUT2D eigenvalue weighted by molar-refractivity contribution is 0.283. The molecule has 0 aliphatic heterocycles. The Morgan fingerprint density at radius 1 is 0.848 bits per heavy atom. The van der Waals surface area contributed by atoms with Gasteiger partial charge in [-0.15, -0.1) is 15.0 Å². The molecule has 1 heterocycles. The molecule has 4 rings (SSSR count). The van der Waals surface area contributed by atoms with Crippen molar-refractivity contribution in [3.05, 3.63) is 82.9 Å². The van der Waals surface area contributed by atoms with Gasteiger partial charge in [0, 0.05) is 12.0 Å². The third kappa shape index (κ3) is 5.11. The molecule has 0 saturated carbocycles. The van der Waals surface area contributed by atoms with Gasteiger partial charge in [-0.3, -0.25) is 0 Å². The molecule has 4 heteroatoms.